The molecule has 0 bridgehead atoms. The zero-order chi connectivity index (χ0) is 17.1. The van der Waals surface area contributed by atoms with Crippen LogP contribution in [0.2, 0.25) is 0 Å². The number of aromatic nitrogens is 3. The van der Waals surface area contributed by atoms with Gasteiger partial charge in [0.05, 0.1) is 17.4 Å². The molecule has 8 heteroatoms. The maximum atomic E-state index is 9.14. The van der Waals surface area contributed by atoms with Crippen LogP contribution in [0.3, 0.4) is 0 Å². The summed E-state index contributed by atoms with van der Waals surface area (Å²) in [5.74, 6) is 2.18. The first kappa shape index (κ1) is 14.7. The Hall–Kier alpha value is -3.86. The van der Waals surface area contributed by atoms with E-state index < -0.39 is 0 Å². The van der Waals surface area contributed by atoms with Crippen LogP contribution >= 0.6 is 0 Å². The number of anilines is 4. The third kappa shape index (κ3) is 3.11. The first-order valence-electron chi connectivity index (χ1n) is 7.44. The lowest BCUT2D eigenvalue weighted by molar-refractivity contribution is 0.174. The van der Waals surface area contributed by atoms with E-state index in [0.717, 1.165) is 5.69 Å². The molecule has 3 aromatic rings. The summed E-state index contributed by atoms with van der Waals surface area (Å²) >= 11 is 0. The molecule has 1 aliphatic rings. The Morgan fingerprint density at radius 2 is 1.92 bits per heavy atom. The van der Waals surface area contributed by atoms with Crippen molar-refractivity contribution < 1.29 is 9.47 Å². The van der Waals surface area contributed by atoms with Crippen LogP contribution in [0, 0.1) is 11.3 Å². The van der Waals surface area contributed by atoms with Gasteiger partial charge in [0.1, 0.15) is 6.07 Å². The third-order valence-corrected chi connectivity index (χ3v) is 3.50. The Balaban J connectivity index is 1.54. The average molecular weight is 332 g/mol. The molecule has 0 saturated heterocycles. The van der Waals surface area contributed by atoms with Crippen molar-refractivity contribution in [1.82, 2.24) is 15.2 Å². The Labute approximate surface area is 143 Å². The SMILES string of the molecule is N#Cc1ccccc1Nc1nncc(Nc2ccc3c(c2)OCO3)n1. The van der Waals surface area contributed by atoms with Crippen molar-refractivity contribution >= 4 is 23.1 Å². The highest BCUT2D eigenvalue weighted by molar-refractivity contribution is 5.65. The second-order valence-electron chi connectivity index (χ2n) is 5.14. The predicted molar refractivity (Wildman–Crippen MR) is 90.1 cm³/mol. The molecule has 0 saturated carbocycles. The quantitative estimate of drug-likeness (QED) is 0.751. The lowest BCUT2D eigenvalue weighted by atomic mass is 10.2. The van der Waals surface area contributed by atoms with E-state index in [4.69, 9.17) is 14.7 Å². The first-order valence-corrected chi connectivity index (χ1v) is 7.44. The molecule has 0 unspecified atom stereocenters. The second-order valence-corrected chi connectivity index (χ2v) is 5.14. The molecule has 0 fully saturated rings. The number of ether oxygens (including phenoxy) is 2. The number of nitrogens with one attached hydrogen (secondary N) is 2. The summed E-state index contributed by atoms with van der Waals surface area (Å²) in [4.78, 5) is 4.35. The number of benzene rings is 2. The number of fused-ring (bicyclic) bond motifs is 1. The van der Waals surface area contributed by atoms with Crippen molar-refractivity contribution in [2.75, 3.05) is 17.4 Å². The van der Waals surface area contributed by atoms with Gasteiger partial charge in [-0.25, -0.2) is 0 Å². The molecule has 2 heterocycles. The van der Waals surface area contributed by atoms with E-state index in [1.807, 2.05) is 24.3 Å². The van der Waals surface area contributed by atoms with Crippen LogP contribution in [0.4, 0.5) is 23.1 Å². The van der Waals surface area contributed by atoms with Crippen LogP contribution in [-0.4, -0.2) is 22.0 Å². The van der Waals surface area contributed by atoms with E-state index in [-0.39, 0.29) is 12.7 Å². The zero-order valence-electron chi connectivity index (χ0n) is 12.9. The van der Waals surface area contributed by atoms with Gasteiger partial charge in [-0.1, -0.05) is 12.1 Å². The highest BCUT2D eigenvalue weighted by Gasteiger charge is 2.13. The van der Waals surface area contributed by atoms with Crippen LogP contribution in [0.1, 0.15) is 5.56 Å². The number of nitrogens with zero attached hydrogens (tertiary/aromatic N) is 4. The summed E-state index contributed by atoms with van der Waals surface area (Å²) in [6, 6.07) is 14.7. The smallest absolute Gasteiger partial charge is 0.249 e. The van der Waals surface area contributed by atoms with Gasteiger partial charge >= 0.3 is 0 Å². The van der Waals surface area contributed by atoms with Crippen LogP contribution in [0.25, 0.3) is 0 Å². The van der Waals surface area contributed by atoms with E-state index in [1.165, 1.54) is 6.20 Å². The van der Waals surface area contributed by atoms with E-state index >= 15 is 0 Å². The minimum Gasteiger partial charge on any atom is -0.454 e. The van der Waals surface area contributed by atoms with Crippen LogP contribution < -0.4 is 20.1 Å². The predicted octanol–water partition coefficient (Wildman–Crippen LogP) is 2.96. The highest BCUT2D eigenvalue weighted by atomic mass is 16.7. The maximum Gasteiger partial charge on any atom is 0.249 e. The normalized spacial score (nSPS) is 11.6. The van der Waals surface area contributed by atoms with Crippen LogP contribution in [-0.2, 0) is 0 Å². The summed E-state index contributed by atoms with van der Waals surface area (Å²) in [6.45, 7) is 0.222. The number of hydrogen-bond donors (Lipinski definition) is 2. The van der Waals surface area contributed by atoms with Gasteiger partial charge in [-0.15, -0.1) is 5.10 Å². The molecule has 4 rings (SSSR count). The zero-order valence-corrected chi connectivity index (χ0v) is 12.9. The fourth-order valence-electron chi connectivity index (χ4n) is 2.35. The lowest BCUT2D eigenvalue weighted by Crippen LogP contribution is -2.03. The van der Waals surface area contributed by atoms with E-state index in [2.05, 4.69) is 31.9 Å². The Morgan fingerprint density at radius 3 is 2.84 bits per heavy atom. The van der Waals surface area contributed by atoms with Gasteiger partial charge in [-0.05, 0) is 24.3 Å². The van der Waals surface area contributed by atoms with E-state index in [1.54, 1.807) is 18.2 Å². The third-order valence-electron chi connectivity index (χ3n) is 3.50. The summed E-state index contributed by atoms with van der Waals surface area (Å²) in [7, 11) is 0. The Morgan fingerprint density at radius 1 is 1.04 bits per heavy atom. The molecular formula is C17H12N6O2. The molecule has 0 atom stereocenters. The van der Waals surface area contributed by atoms with Crippen molar-refractivity contribution in [1.29, 1.82) is 5.26 Å². The fourth-order valence-corrected chi connectivity index (χ4v) is 2.35. The Bertz CT molecular complexity index is 969. The average Bonchev–Trinajstić information content (AvgIpc) is 3.10. The molecule has 1 aromatic heterocycles. The van der Waals surface area contributed by atoms with Gasteiger partial charge in [-0.2, -0.15) is 15.3 Å². The lowest BCUT2D eigenvalue weighted by Gasteiger charge is -2.09. The van der Waals surface area contributed by atoms with Gasteiger partial charge in [0.25, 0.3) is 0 Å². The van der Waals surface area contributed by atoms with Crippen molar-refractivity contribution in [3.8, 4) is 17.6 Å². The van der Waals surface area contributed by atoms with Crippen LogP contribution in [0.5, 0.6) is 11.5 Å². The molecule has 0 amide bonds. The molecule has 122 valence electrons. The minimum atomic E-state index is 0.222. The van der Waals surface area contributed by atoms with Gasteiger partial charge in [0.15, 0.2) is 17.3 Å². The molecular weight excluding hydrogens is 320 g/mol. The van der Waals surface area contributed by atoms with Crippen molar-refractivity contribution in [3.05, 3.63) is 54.2 Å². The van der Waals surface area contributed by atoms with E-state index in [0.29, 0.717) is 28.6 Å². The molecule has 1 aliphatic heterocycles. The van der Waals surface area contributed by atoms with Gasteiger partial charge in [-0.3, -0.25) is 0 Å². The van der Waals surface area contributed by atoms with Crippen molar-refractivity contribution in [2.45, 2.75) is 0 Å². The molecule has 25 heavy (non-hydrogen) atoms. The van der Waals surface area contributed by atoms with Gasteiger partial charge < -0.3 is 20.1 Å². The number of para-hydroxylation sites is 1. The summed E-state index contributed by atoms with van der Waals surface area (Å²) < 4.78 is 10.6. The summed E-state index contributed by atoms with van der Waals surface area (Å²) in [5.41, 5.74) is 1.90. The monoisotopic (exact) mass is 332 g/mol. The number of rotatable bonds is 4. The van der Waals surface area contributed by atoms with Crippen molar-refractivity contribution in [3.63, 3.8) is 0 Å². The largest absolute Gasteiger partial charge is 0.454 e. The summed E-state index contributed by atoms with van der Waals surface area (Å²) in [5, 5.41) is 23.1. The first-order chi connectivity index (χ1) is 12.3. The Kier molecular flexibility index (Phi) is 3.73. The second kappa shape index (κ2) is 6.33. The molecule has 2 aromatic carbocycles. The minimum absolute atomic E-state index is 0.222. The maximum absolute atomic E-state index is 9.14. The van der Waals surface area contributed by atoms with Gasteiger partial charge in [0.2, 0.25) is 12.7 Å². The molecule has 8 nitrogen and oxygen atoms in total. The topological polar surface area (TPSA) is 105 Å². The molecule has 0 radical (unpaired) electrons. The summed E-state index contributed by atoms with van der Waals surface area (Å²) in [6.07, 6.45) is 1.51. The highest BCUT2D eigenvalue weighted by Crippen LogP contribution is 2.34. The molecule has 2 N–H and O–H groups in total. The van der Waals surface area contributed by atoms with Crippen molar-refractivity contribution in [2.24, 2.45) is 0 Å². The van der Waals surface area contributed by atoms with E-state index in [9.17, 15) is 0 Å². The number of hydrogen-bond acceptors (Lipinski definition) is 8. The fraction of sp³-hybridized carbons (Fsp3) is 0.0588. The molecule has 0 aliphatic carbocycles. The number of nitriles is 1. The molecule has 0 spiro atoms. The van der Waals surface area contributed by atoms with Gasteiger partial charge in [0, 0.05) is 11.8 Å². The standard InChI is InChI=1S/C17H12N6O2/c18-8-11-3-1-2-4-13(11)21-17-22-16(9-19-23-17)20-12-5-6-14-15(7-12)25-10-24-14/h1-7,9H,10H2,(H2,20,21,22,23). The van der Waals surface area contributed by atoms with Crippen LogP contribution in [0.15, 0.2) is 48.7 Å².